The van der Waals surface area contributed by atoms with Crippen molar-refractivity contribution in [1.29, 1.82) is 0 Å². The van der Waals surface area contributed by atoms with E-state index in [1.54, 1.807) is 13.1 Å². The molecule has 2 heterocycles. The minimum atomic E-state index is -0.198. The molecule has 0 aliphatic rings. The molecule has 0 fully saturated rings. The number of nitrogens with two attached hydrogens (primary N) is 1. The first-order chi connectivity index (χ1) is 14.0. The number of nitrogen functional groups attached to an aromatic ring is 1. The molecule has 0 amide bonds. The molecule has 3 N–H and O–H groups in total. The third kappa shape index (κ3) is 4.04. The Hall–Kier alpha value is -3.46. The normalized spacial score (nSPS) is 12.1. The summed E-state index contributed by atoms with van der Waals surface area (Å²) < 4.78 is 1.54. The summed E-state index contributed by atoms with van der Waals surface area (Å²) in [5, 5.41) is 4.10. The van der Waals surface area contributed by atoms with E-state index in [1.165, 1.54) is 16.3 Å². The SMILES string of the molecule is C[C@H](Sc1nc2ccccc2c(=O)n1C)c1nc(N)nc(Nc2ccccc2)n1. The van der Waals surface area contributed by atoms with Crippen LogP contribution < -0.4 is 16.6 Å². The molecule has 0 saturated carbocycles. The van der Waals surface area contributed by atoms with Gasteiger partial charge in [0.15, 0.2) is 5.16 Å². The summed E-state index contributed by atoms with van der Waals surface area (Å²) in [4.78, 5) is 30.1. The van der Waals surface area contributed by atoms with Gasteiger partial charge < -0.3 is 11.1 Å². The fourth-order valence-electron chi connectivity index (χ4n) is 2.81. The Morgan fingerprint density at radius 2 is 1.72 bits per heavy atom. The van der Waals surface area contributed by atoms with E-state index in [0.717, 1.165) is 5.69 Å². The Morgan fingerprint density at radius 3 is 2.52 bits per heavy atom. The van der Waals surface area contributed by atoms with E-state index in [0.29, 0.717) is 27.8 Å². The number of aromatic nitrogens is 5. The summed E-state index contributed by atoms with van der Waals surface area (Å²) >= 11 is 1.39. The van der Waals surface area contributed by atoms with E-state index in [4.69, 9.17) is 5.73 Å². The lowest BCUT2D eigenvalue weighted by Crippen LogP contribution is -2.20. The van der Waals surface area contributed by atoms with Crippen LogP contribution in [0.2, 0.25) is 0 Å². The molecule has 4 rings (SSSR count). The van der Waals surface area contributed by atoms with E-state index >= 15 is 0 Å². The third-order valence-corrected chi connectivity index (χ3v) is 5.43. The van der Waals surface area contributed by atoms with Crippen LogP contribution in [0.3, 0.4) is 0 Å². The Morgan fingerprint density at radius 1 is 1.00 bits per heavy atom. The second-order valence-corrected chi connectivity index (χ2v) is 7.71. The van der Waals surface area contributed by atoms with E-state index in [-0.39, 0.29) is 16.8 Å². The average molecular weight is 405 g/mol. The van der Waals surface area contributed by atoms with Gasteiger partial charge in [0.05, 0.1) is 16.2 Å². The van der Waals surface area contributed by atoms with Gasteiger partial charge in [0.1, 0.15) is 5.82 Å². The quantitative estimate of drug-likeness (QED) is 0.384. The number of thioether (sulfide) groups is 1. The number of nitrogens with zero attached hydrogens (tertiary/aromatic N) is 5. The van der Waals surface area contributed by atoms with Crippen LogP contribution >= 0.6 is 11.8 Å². The maximum Gasteiger partial charge on any atom is 0.261 e. The molecule has 1 atom stereocenters. The number of benzene rings is 2. The van der Waals surface area contributed by atoms with E-state index < -0.39 is 0 Å². The smallest absolute Gasteiger partial charge is 0.261 e. The predicted octanol–water partition coefficient (Wildman–Crippen LogP) is 3.30. The zero-order chi connectivity index (χ0) is 20.4. The largest absolute Gasteiger partial charge is 0.368 e. The second-order valence-electron chi connectivity index (χ2n) is 6.40. The van der Waals surface area contributed by atoms with Crippen molar-refractivity contribution >= 4 is 40.2 Å². The summed E-state index contributed by atoms with van der Waals surface area (Å²) in [6.07, 6.45) is 0. The molecule has 0 bridgehead atoms. The van der Waals surface area contributed by atoms with Crippen LogP contribution in [0.15, 0.2) is 64.5 Å². The van der Waals surface area contributed by atoms with Gasteiger partial charge in [-0.2, -0.15) is 15.0 Å². The molecule has 0 aliphatic carbocycles. The van der Waals surface area contributed by atoms with Crippen molar-refractivity contribution in [3.05, 3.63) is 70.8 Å². The van der Waals surface area contributed by atoms with Crippen LogP contribution in [0, 0.1) is 0 Å². The number of hydrogen-bond acceptors (Lipinski definition) is 8. The van der Waals surface area contributed by atoms with Crippen molar-refractivity contribution < 1.29 is 0 Å². The average Bonchev–Trinajstić information content (AvgIpc) is 2.72. The summed E-state index contributed by atoms with van der Waals surface area (Å²) in [5.41, 5.74) is 7.31. The maximum atomic E-state index is 12.6. The van der Waals surface area contributed by atoms with Crippen molar-refractivity contribution in [2.75, 3.05) is 11.1 Å². The molecule has 0 unspecified atom stereocenters. The Balaban J connectivity index is 1.63. The molecular weight excluding hydrogens is 386 g/mol. The minimum absolute atomic E-state index is 0.0908. The monoisotopic (exact) mass is 405 g/mol. The molecule has 0 spiro atoms. The van der Waals surface area contributed by atoms with Gasteiger partial charge in [-0.05, 0) is 31.2 Å². The molecule has 9 heteroatoms. The molecule has 2 aromatic carbocycles. The zero-order valence-electron chi connectivity index (χ0n) is 15.9. The van der Waals surface area contributed by atoms with Gasteiger partial charge in [0.25, 0.3) is 5.56 Å². The lowest BCUT2D eigenvalue weighted by molar-refractivity contribution is 0.722. The lowest BCUT2D eigenvalue weighted by Gasteiger charge is -2.14. The second kappa shape index (κ2) is 7.88. The highest BCUT2D eigenvalue weighted by molar-refractivity contribution is 7.99. The molecular formula is C20H19N7OS. The summed E-state index contributed by atoms with van der Waals surface area (Å²) in [5.74, 6) is 0.996. The standard InChI is InChI=1S/C20H19N7OS/c1-12(29-20-23-15-11-7-6-10-14(15)17(28)27(20)2)16-24-18(21)26-19(25-16)22-13-8-4-3-5-9-13/h3-12H,1-2H3,(H3,21,22,24,25,26)/t12-/m0/s1. The number of anilines is 3. The van der Waals surface area contributed by atoms with Gasteiger partial charge in [-0.15, -0.1) is 0 Å². The molecule has 0 saturated heterocycles. The molecule has 29 heavy (non-hydrogen) atoms. The zero-order valence-corrected chi connectivity index (χ0v) is 16.7. The van der Waals surface area contributed by atoms with Crippen molar-refractivity contribution in [2.24, 2.45) is 7.05 Å². The number of para-hydroxylation sites is 2. The lowest BCUT2D eigenvalue weighted by atomic mass is 10.2. The Bertz CT molecular complexity index is 1230. The number of fused-ring (bicyclic) bond motifs is 1. The van der Waals surface area contributed by atoms with Gasteiger partial charge in [-0.3, -0.25) is 9.36 Å². The minimum Gasteiger partial charge on any atom is -0.368 e. The topological polar surface area (TPSA) is 112 Å². The van der Waals surface area contributed by atoms with E-state index in [2.05, 4.69) is 25.3 Å². The summed E-state index contributed by atoms with van der Waals surface area (Å²) in [6, 6.07) is 16.9. The highest BCUT2D eigenvalue weighted by atomic mass is 32.2. The van der Waals surface area contributed by atoms with Crippen molar-refractivity contribution in [3.8, 4) is 0 Å². The van der Waals surface area contributed by atoms with Gasteiger partial charge in [0, 0.05) is 12.7 Å². The van der Waals surface area contributed by atoms with Crippen molar-refractivity contribution in [2.45, 2.75) is 17.3 Å². The molecule has 0 radical (unpaired) electrons. The van der Waals surface area contributed by atoms with Crippen LogP contribution in [-0.2, 0) is 7.05 Å². The van der Waals surface area contributed by atoms with E-state index in [9.17, 15) is 4.79 Å². The van der Waals surface area contributed by atoms with Crippen LogP contribution in [0.1, 0.15) is 18.0 Å². The van der Waals surface area contributed by atoms with Gasteiger partial charge in [0.2, 0.25) is 11.9 Å². The Kier molecular flexibility index (Phi) is 5.13. The summed E-state index contributed by atoms with van der Waals surface area (Å²) in [7, 11) is 1.71. The molecule has 4 aromatic rings. The highest BCUT2D eigenvalue weighted by Gasteiger charge is 2.17. The fourth-order valence-corrected chi connectivity index (χ4v) is 3.73. The first-order valence-electron chi connectivity index (χ1n) is 8.97. The maximum absolute atomic E-state index is 12.6. The molecule has 146 valence electrons. The van der Waals surface area contributed by atoms with Gasteiger partial charge in [-0.25, -0.2) is 4.98 Å². The van der Waals surface area contributed by atoms with Crippen LogP contribution in [0.25, 0.3) is 10.9 Å². The predicted molar refractivity (Wildman–Crippen MR) is 115 cm³/mol. The first kappa shape index (κ1) is 18.9. The third-order valence-electron chi connectivity index (χ3n) is 4.29. The molecule has 2 aromatic heterocycles. The van der Waals surface area contributed by atoms with Crippen molar-refractivity contribution in [1.82, 2.24) is 24.5 Å². The van der Waals surface area contributed by atoms with Gasteiger partial charge in [-0.1, -0.05) is 42.1 Å². The van der Waals surface area contributed by atoms with E-state index in [1.807, 2.05) is 55.5 Å². The molecule has 8 nitrogen and oxygen atoms in total. The summed E-state index contributed by atoms with van der Waals surface area (Å²) in [6.45, 7) is 1.94. The number of nitrogens with one attached hydrogen (secondary N) is 1. The molecule has 0 aliphatic heterocycles. The first-order valence-corrected chi connectivity index (χ1v) is 9.85. The number of hydrogen-bond donors (Lipinski definition) is 2. The van der Waals surface area contributed by atoms with Crippen LogP contribution in [-0.4, -0.2) is 24.5 Å². The van der Waals surface area contributed by atoms with Crippen molar-refractivity contribution in [3.63, 3.8) is 0 Å². The highest BCUT2D eigenvalue weighted by Crippen LogP contribution is 2.32. The number of rotatable bonds is 5. The van der Waals surface area contributed by atoms with Crippen LogP contribution in [0.4, 0.5) is 17.6 Å². The van der Waals surface area contributed by atoms with Gasteiger partial charge >= 0.3 is 0 Å². The Labute approximate surface area is 171 Å². The fraction of sp³-hybridized carbons (Fsp3) is 0.150. The van der Waals surface area contributed by atoms with Crippen LogP contribution in [0.5, 0.6) is 0 Å².